The molecule has 1 aromatic carbocycles. The predicted molar refractivity (Wildman–Crippen MR) is 136 cm³/mol. The van der Waals surface area contributed by atoms with E-state index in [2.05, 4.69) is 58.8 Å². The molecular formula is C24H39N5OS. The number of hydrogen-bond acceptors (Lipinski definition) is 4. The second-order valence-electron chi connectivity index (χ2n) is 8.48. The van der Waals surface area contributed by atoms with Crippen LogP contribution < -0.4 is 10.9 Å². The summed E-state index contributed by atoms with van der Waals surface area (Å²) in [7, 11) is 4.10. The summed E-state index contributed by atoms with van der Waals surface area (Å²) in [5.74, 6) is 0. The molecule has 2 N–H and O–H groups in total. The summed E-state index contributed by atoms with van der Waals surface area (Å²) in [6.45, 7) is 14.7. The second-order valence-corrected chi connectivity index (χ2v) is 8.87. The van der Waals surface area contributed by atoms with Gasteiger partial charge in [-0.3, -0.25) is 4.79 Å². The van der Waals surface area contributed by atoms with Gasteiger partial charge in [0.05, 0.1) is 6.54 Å². The van der Waals surface area contributed by atoms with Gasteiger partial charge in [0.15, 0.2) is 5.11 Å². The lowest BCUT2D eigenvalue weighted by Crippen LogP contribution is -2.44. The molecule has 0 atom stereocenters. The quantitative estimate of drug-likeness (QED) is 0.409. The van der Waals surface area contributed by atoms with Crippen LogP contribution in [0, 0.1) is 13.8 Å². The molecule has 6 nitrogen and oxygen atoms in total. The van der Waals surface area contributed by atoms with Gasteiger partial charge in [0.25, 0.3) is 5.56 Å². The van der Waals surface area contributed by atoms with Crippen molar-refractivity contribution in [1.82, 2.24) is 25.0 Å². The van der Waals surface area contributed by atoms with Crippen molar-refractivity contribution in [2.24, 2.45) is 0 Å². The number of fused-ring (bicyclic) bond motifs is 1. The molecule has 2 rings (SSSR count). The fraction of sp³-hybridized carbons (Fsp3) is 0.583. The van der Waals surface area contributed by atoms with Gasteiger partial charge in [-0.1, -0.05) is 13.8 Å². The average molecular weight is 446 g/mol. The molecule has 7 heteroatoms. The monoisotopic (exact) mass is 445 g/mol. The largest absolute Gasteiger partial charge is 0.363 e. The van der Waals surface area contributed by atoms with Gasteiger partial charge < -0.3 is 25.0 Å². The maximum absolute atomic E-state index is 12.8. The lowest BCUT2D eigenvalue weighted by atomic mass is 10.0. The van der Waals surface area contributed by atoms with E-state index < -0.39 is 0 Å². The van der Waals surface area contributed by atoms with Crippen molar-refractivity contribution in [1.29, 1.82) is 0 Å². The van der Waals surface area contributed by atoms with Gasteiger partial charge >= 0.3 is 0 Å². The van der Waals surface area contributed by atoms with Gasteiger partial charge in [0.1, 0.15) is 0 Å². The Morgan fingerprint density at radius 3 is 2.35 bits per heavy atom. The zero-order valence-corrected chi connectivity index (χ0v) is 20.9. The van der Waals surface area contributed by atoms with Crippen LogP contribution in [0.25, 0.3) is 10.9 Å². The fourth-order valence-electron chi connectivity index (χ4n) is 3.57. The number of benzene rings is 1. The third-order valence-corrected chi connectivity index (χ3v) is 6.23. The molecule has 1 heterocycles. The van der Waals surface area contributed by atoms with Gasteiger partial charge in [-0.25, -0.2) is 0 Å². The summed E-state index contributed by atoms with van der Waals surface area (Å²) in [6, 6.07) is 6.19. The Hall–Kier alpha value is -1.96. The number of aromatic nitrogens is 1. The van der Waals surface area contributed by atoms with Crippen molar-refractivity contribution in [2.75, 3.05) is 53.4 Å². The molecule has 31 heavy (non-hydrogen) atoms. The van der Waals surface area contributed by atoms with E-state index in [0.29, 0.717) is 11.7 Å². The first kappa shape index (κ1) is 25.3. The summed E-state index contributed by atoms with van der Waals surface area (Å²) >= 11 is 5.71. The number of likely N-dealkylation sites (N-methyl/N-ethyl adjacent to an activating group) is 1. The average Bonchev–Trinajstić information content (AvgIpc) is 2.72. The Labute approximate surface area is 192 Å². The molecule has 1 aromatic heterocycles. The molecule has 0 amide bonds. The number of thiocarbonyl (C=S) groups is 1. The van der Waals surface area contributed by atoms with Crippen molar-refractivity contribution in [3.05, 3.63) is 45.2 Å². The van der Waals surface area contributed by atoms with Crippen LogP contribution in [-0.2, 0) is 6.54 Å². The number of rotatable bonds is 11. The number of nitrogens with zero attached hydrogens (tertiary/aromatic N) is 3. The van der Waals surface area contributed by atoms with Crippen LogP contribution in [0.2, 0.25) is 0 Å². The molecule has 2 aromatic rings. The highest BCUT2D eigenvalue weighted by Gasteiger charge is 2.14. The molecule has 0 aliphatic rings. The van der Waals surface area contributed by atoms with Gasteiger partial charge in [0.2, 0.25) is 0 Å². The Morgan fingerprint density at radius 2 is 1.71 bits per heavy atom. The van der Waals surface area contributed by atoms with Crippen LogP contribution in [0.3, 0.4) is 0 Å². The van der Waals surface area contributed by atoms with Crippen LogP contribution in [0.1, 0.15) is 37.0 Å². The minimum atomic E-state index is -0.0464. The summed E-state index contributed by atoms with van der Waals surface area (Å²) in [5.41, 5.74) is 3.98. The number of aromatic amines is 1. The Bertz CT molecular complexity index is 920. The number of H-pyrrole nitrogens is 1. The molecule has 0 fully saturated rings. The van der Waals surface area contributed by atoms with Crippen LogP contribution in [0.4, 0.5) is 0 Å². The number of nitrogens with one attached hydrogen (secondary N) is 2. The standard InChI is InChI=1S/C24H39N5OS/c1-7-28(8-2)11-9-10-25-24(31)29(13-12-27(5)6)17-21-16-20-14-18(3)19(4)15-22(20)26-23(21)30/h14-16H,7-13,17H2,1-6H3,(H,25,31)(H,26,30). The van der Waals surface area contributed by atoms with E-state index in [1.165, 1.54) is 11.1 Å². The Morgan fingerprint density at radius 1 is 1.03 bits per heavy atom. The minimum Gasteiger partial charge on any atom is -0.363 e. The maximum Gasteiger partial charge on any atom is 0.253 e. The minimum absolute atomic E-state index is 0.0464. The van der Waals surface area contributed by atoms with Crippen LogP contribution >= 0.6 is 12.2 Å². The first-order chi connectivity index (χ1) is 14.7. The molecular weight excluding hydrogens is 406 g/mol. The normalized spacial score (nSPS) is 11.5. The van der Waals surface area contributed by atoms with E-state index in [1.54, 1.807) is 0 Å². The van der Waals surface area contributed by atoms with Crippen LogP contribution in [0.15, 0.2) is 23.0 Å². The highest BCUT2D eigenvalue weighted by Crippen LogP contribution is 2.17. The first-order valence-electron chi connectivity index (χ1n) is 11.3. The number of pyridine rings is 1. The summed E-state index contributed by atoms with van der Waals surface area (Å²) in [6.07, 6.45) is 1.04. The van der Waals surface area contributed by atoms with Crippen molar-refractivity contribution in [2.45, 2.75) is 40.7 Å². The maximum atomic E-state index is 12.8. The molecule has 0 spiro atoms. The fourth-order valence-corrected chi connectivity index (χ4v) is 3.83. The highest BCUT2D eigenvalue weighted by atomic mass is 32.1. The third-order valence-electron chi connectivity index (χ3n) is 5.82. The first-order valence-corrected chi connectivity index (χ1v) is 11.7. The van der Waals surface area contributed by atoms with Gasteiger partial charge in [0, 0.05) is 30.7 Å². The molecule has 0 aliphatic carbocycles. The molecule has 0 saturated carbocycles. The SMILES string of the molecule is CCN(CC)CCCNC(=S)N(CCN(C)C)Cc1cc2cc(C)c(C)cc2[nH]c1=O. The van der Waals surface area contributed by atoms with Gasteiger partial charge in [-0.05, 0) is 101 Å². The van der Waals surface area contributed by atoms with E-state index in [0.717, 1.165) is 62.2 Å². The van der Waals surface area contributed by atoms with Gasteiger partial charge in [-0.15, -0.1) is 0 Å². The van der Waals surface area contributed by atoms with Crippen molar-refractivity contribution in [3.8, 4) is 0 Å². The molecule has 0 aliphatic heterocycles. The lowest BCUT2D eigenvalue weighted by Gasteiger charge is -2.27. The summed E-state index contributed by atoms with van der Waals surface area (Å²) in [4.78, 5) is 22.5. The van der Waals surface area contributed by atoms with Gasteiger partial charge in [-0.2, -0.15) is 0 Å². The zero-order chi connectivity index (χ0) is 23.0. The molecule has 0 saturated heterocycles. The highest BCUT2D eigenvalue weighted by molar-refractivity contribution is 7.80. The Kier molecular flexibility index (Phi) is 9.93. The molecule has 0 radical (unpaired) electrons. The summed E-state index contributed by atoms with van der Waals surface area (Å²) < 4.78 is 0. The van der Waals surface area contributed by atoms with E-state index in [4.69, 9.17) is 12.2 Å². The summed E-state index contributed by atoms with van der Waals surface area (Å²) in [5, 5.41) is 5.17. The van der Waals surface area contributed by atoms with E-state index >= 15 is 0 Å². The van der Waals surface area contributed by atoms with Crippen LogP contribution in [0.5, 0.6) is 0 Å². The zero-order valence-electron chi connectivity index (χ0n) is 20.0. The lowest BCUT2D eigenvalue weighted by molar-refractivity contribution is 0.297. The van der Waals surface area contributed by atoms with Crippen molar-refractivity contribution < 1.29 is 0 Å². The van der Waals surface area contributed by atoms with E-state index in [1.807, 2.05) is 26.2 Å². The topological polar surface area (TPSA) is 54.6 Å². The molecule has 0 bridgehead atoms. The smallest absolute Gasteiger partial charge is 0.253 e. The predicted octanol–water partition coefficient (Wildman–Crippen LogP) is 3.11. The molecule has 0 unspecified atom stereocenters. The third kappa shape index (κ3) is 7.59. The number of aryl methyl sites for hydroxylation is 2. The van der Waals surface area contributed by atoms with Crippen molar-refractivity contribution in [3.63, 3.8) is 0 Å². The van der Waals surface area contributed by atoms with E-state index in [9.17, 15) is 4.79 Å². The van der Waals surface area contributed by atoms with Crippen LogP contribution in [-0.4, -0.2) is 78.2 Å². The Balaban J connectivity index is 2.12. The molecule has 172 valence electrons. The second kappa shape index (κ2) is 12.2. The number of hydrogen-bond donors (Lipinski definition) is 2. The van der Waals surface area contributed by atoms with Crippen molar-refractivity contribution >= 4 is 28.2 Å². The van der Waals surface area contributed by atoms with E-state index in [-0.39, 0.29) is 5.56 Å².